The lowest BCUT2D eigenvalue weighted by Gasteiger charge is -2.60. The molecule has 3 rings (SSSR count). The molecule has 1 saturated carbocycles. The molecule has 9 atom stereocenters. The summed E-state index contributed by atoms with van der Waals surface area (Å²) in [5.74, 6) is -2.15. The van der Waals surface area contributed by atoms with E-state index in [1.807, 2.05) is 6.92 Å². The molecule has 2 unspecified atom stereocenters. The molecule has 3 aliphatic rings. The second kappa shape index (κ2) is 13.7. The molecule has 0 radical (unpaired) electrons. The van der Waals surface area contributed by atoms with Gasteiger partial charge in [0.2, 0.25) is 12.6 Å². The first kappa shape index (κ1) is 33.0. The molecule has 0 aromatic heterocycles. The first-order valence-corrected chi connectivity index (χ1v) is 14.9. The van der Waals surface area contributed by atoms with E-state index in [9.17, 15) is 24.6 Å². The van der Waals surface area contributed by atoms with Crippen LogP contribution in [-0.4, -0.2) is 59.0 Å². The molecule has 1 aliphatic heterocycles. The van der Waals surface area contributed by atoms with Crippen molar-refractivity contribution in [2.24, 2.45) is 22.7 Å². The predicted octanol–water partition coefficient (Wildman–Crippen LogP) is 4.90. The van der Waals surface area contributed by atoms with Crippen LogP contribution in [0.15, 0.2) is 36.0 Å². The monoisotopic (exact) mass is 576 g/mol. The summed E-state index contributed by atoms with van der Waals surface area (Å²) in [6.45, 7) is 14.6. The fraction of sp³-hybridized carbons (Fsp3) is 0.719. The van der Waals surface area contributed by atoms with Gasteiger partial charge >= 0.3 is 17.9 Å². The fourth-order valence-corrected chi connectivity index (χ4v) is 7.05. The van der Waals surface area contributed by atoms with Crippen molar-refractivity contribution in [3.63, 3.8) is 0 Å². The summed E-state index contributed by atoms with van der Waals surface area (Å²) in [7, 11) is 0. The molecule has 0 amide bonds. The molecule has 1 heterocycles. The normalized spacial score (nSPS) is 35.4. The second-order valence-electron chi connectivity index (χ2n) is 12.3. The number of rotatable bonds is 12. The summed E-state index contributed by atoms with van der Waals surface area (Å²) in [6.07, 6.45) is 4.93. The van der Waals surface area contributed by atoms with Gasteiger partial charge in [-0.2, -0.15) is 0 Å². The van der Waals surface area contributed by atoms with E-state index in [1.54, 1.807) is 12.2 Å². The Morgan fingerprint density at radius 3 is 2.44 bits per heavy atom. The van der Waals surface area contributed by atoms with E-state index in [2.05, 4.69) is 33.4 Å². The van der Waals surface area contributed by atoms with Gasteiger partial charge in [-0.15, -0.1) is 0 Å². The Balaban J connectivity index is 2.12. The molecule has 9 nitrogen and oxygen atoms in total. The Kier molecular flexibility index (Phi) is 11.0. The third-order valence-electron chi connectivity index (χ3n) is 9.39. The number of aliphatic hydroxyl groups is 2. The van der Waals surface area contributed by atoms with Crippen LogP contribution in [0.5, 0.6) is 0 Å². The predicted molar refractivity (Wildman–Crippen MR) is 152 cm³/mol. The van der Waals surface area contributed by atoms with Gasteiger partial charge in [0.05, 0.1) is 18.6 Å². The quantitative estimate of drug-likeness (QED) is 0.110. The van der Waals surface area contributed by atoms with Crippen LogP contribution in [0.4, 0.5) is 0 Å². The van der Waals surface area contributed by atoms with Gasteiger partial charge in [0.25, 0.3) is 0 Å². The molecule has 1 spiro atoms. The van der Waals surface area contributed by atoms with Crippen LogP contribution >= 0.6 is 0 Å². The van der Waals surface area contributed by atoms with Gasteiger partial charge in [-0.25, -0.2) is 0 Å². The molecular formula is C32H48O9. The van der Waals surface area contributed by atoms with Crippen LogP contribution in [-0.2, 0) is 33.3 Å². The molecule has 2 fully saturated rings. The topological polar surface area (TPSA) is 129 Å². The number of carbonyl (C=O) groups is 3. The minimum absolute atomic E-state index is 0.0107. The summed E-state index contributed by atoms with van der Waals surface area (Å²) in [4.78, 5) is 37.8. The van der Waals surface area contributed by atoms with Crippen LogP contribution in [0.25, 0.3) is 0 Å². The van der Waals surface area contributed by atoms with Crippen LogP contribution in [0, 0.1) is 22.7 Å². The van der Waals surface area contributed by atoms with Gasteiger partial charge in [0.1, 0.15) is 11.5 Å². The summed E-state index contributed by atoms with van der Waals surface area (Å²) in [5.41, 5.74) is -0.237. The van der Waals surface area contributed by atoms with Crippen molar-refractivity contribution in [1.82, 2.24) is 0 Å². The van der Waals surface area contributed by atoms with Crippen LogP contribution < -0.4 is 0 Å². The largest absolute Gasteiger partial charge is 0.461 e. The smallest absolute Gasteiger partial charge is 0.308 e. The minimum atomic E-state index is -1.23. The van der Waals surface area contributed by atoms with E-state index >= 15 is 0 Å². The van der Waals surface area contributed by atoms with Gasteiger partial charge in [0.15, 0.2) is 0 Å². The SMILES string of the molecule is C=C/C(C)=C/C[C@]1(C)[C@H](C)C[C@H](OC(=O)CC(O)CCCCC)C23C(=C[C@@H](O)C[C@H]21)[C@@H](OC(C)=O)O[C@@H]3OC(C)=O. The number of unbranched alkanes of at least 4 members (excludes halogenated alkanes) is 2. The highest BCUT2D eigenvalue weighted by molar-refractivity contribution is 5.71. The van der Waals surface area contributed by atoms with Gasteiger partial charge < -0.3 is 24.4 Å². The zero-order valence-corrected chi connectivity index (χ0v) is 25.4. The van der Waals surface area contributed by atoms with Crippen molar-refractivity contribution in [2.75, 3.05) is 0 Å². The Morgan fingerprint density at radius 1 is 1.15 bits per heavy atom. The fourth-order valence-electron chi connectivity index (χ4n) is 7.05. The first-order valence-electron chi connectivity index (χ1n) is 14.9. The average molecular weight is 577 g/mol. The van der Waals surface area contributed by atoms with Crippen LogP contribution in [0.1, 0.15) is 92.9 Å². The zero-order valence-electron chi connectivity index (χ0n) is 25.4. The van der Waals surface area contributed by atoms with Gasteiger partial charge in [-0.3, -0.25) is 19.1 Å². The molecule has 230 valence electrons. The molecule has 0 aromatic carbocycles. The Morgan fingerprint density at radius 2 is 1.83 bits per heavy atom. The highest BCUT2D eigenvalue weighted by Gasteiger charge is 2.72. The molecular weight excluding hydrogens is 528 g/mol. The number of ether oxygens (including phenoxy) is 4. The summed E-state index contributed by atoms with van der Waals surface area (Å²) < 4.78 is 23.6. The summed E-state index contributed by atoms with van der Waals surface area (Å²) >= 11 is 0. The number of allylic oxidation sites excluding steroid dienone is 3. The maximum atomic E-state index is 13.3. The van der Waals surface area contributed by atoms with Crippen molar-refractivity contribution in [1.29, 1.82) is 0 Å². The van der Waals surface area contributed by atoms with Crippen LogP contribution in [0.3, 0.4) is 0 Å². The lowest BCUT2D eigenvalue weighted by atomic mass is 9.45. The number of aliphatic hydroxyl groups excluding tert-OH is 2. The highest BCUT2D eigenvalue weighted by Crippen LogP contribution is 2.67. The molecule has 2 N–H and O–H groups in total. The lowest BCUT2D eigenvalue weighted by Crippen LogP contribution is -2.63. The number of hydrogen-bond donors (Lipinski definition) is 2. The van der Waals surface area contributed by atoms with Crippen molar-refractivity contribution in [3.8, 4) is 0 Å². The highest BCUT2D eigenvalue weighted by atomic mass is 16.8. The minimum Gasteiger partial charge on any atom is -0.461 e. The molecule has 41 heavy (non-hydrogen) atoms. The summed E-state index contributed by atoms with van der Waals surface area (Å²) in [6, 6.07) is 0. The van der Waals surface area contributed by atoms with E-state index in [-0.39, 0.29) is 18.3 Å². The van der Waals surface area contributed by atoms with Crippen molar-refractivity contribution in [2.45, 2.75) is 124 Å². The van der Waals surface area contributed by atoms with E-state index in [0.29, 0.717) is 31.3 Å². The molecule has 2 aliphatic carbocycles. The van der Waals surface area contributed by atoms with Crippen molar-refractivity contribution in [3.05, 3.63) is 36.0 Å². The first-order chi connectivity index (χ1) is 19.3. The maximum Gasteiger partial charge on any atom is 0.308 e. The summed E-state index contributed by atoms with van der Waals surface area (Å²) in [5, 5.41) is 21.6. The number of esters is 3. The van der Waals surface area contributed by atoms with Gasteiger partial charge in [0, 0.05) is 19.4 Å². The lowest BCUT2D eigenvalue weighted by molar-refractivity contribution is -0.257. The third kappa shape index (κ3) is 6.95. The second-order valence-corrected chi connectivity index (χ2v) is 12.3. The average Bonchev–Trinajstić information content (AvgIpc) is 3.17. The van der Waals surface area contributed by atoms with E-state index in [0.717, 1.165) is 24.8 Å². The number of carbonyl (C=O) groups excluding carboxylic acids is 3. The Hall–Kier alpha value is -2.49. The third-order valence-corrected chi connectivity index (χ3v) is 9.39. The standard InChI is InChI=1S/C32H48O9/c1-8-10-11-12-23(35)18-28(37)40-27-15-20(4)31(7,14-13-19(3)9-2)26-17-24(36)16-25-29(38-21(5)33)41-30(32(25,26)27)39-22(6)34/h9,13,16,20,23-24,26-27,29-30,35-36H,2,8,10-12,14-15,17-18H2,1,3-7H3/b19-13+/t20-,23?,24-,26+,27+,29+,30+,31-,32?/m1/s1. The van der Waals surface area contributed by atoms with E-state index in [4.69, 9.17) is 18.9 Å². The molecule has 0 aromatic rings. The Bertz CT molecular complexity index is 1050. The van der Waals surface area contributed by atoms with Crippen molar-refractivity contribution < 1.29 is 43.5 Å². The van der Waals surface area contributed by atoms with Crippen LogP contribution in [0.2, 0.25) is 0 Å². The maximum absolute atomic E-state index is 13.3. The number of hydrogen-bond acceptors (Lipinski definition) is 9. The van der Waals surface area contributed by atoms with E-state index < -0.39 is 59.6 Å². The van der Waals surface area contributed by atoms with E-state index in [1.165, 1.54) is 13.8 Å². The van der Waals surface area contributed by atoms with Gasteiger partial charge in [-0.1, -0.05) is 64.3 Å². The zero-order chi connectivity index (χ0) is 30.5. The van der Waals surface area contributed by atoms with Crippen molar-refractivity contribution >= 4 is 17.9 Å². The molecule has 9 heteroatoms. The molecule has 0 bridgehead atoms. The van der Waals surface area contributed by atoms with Gasteiger partial charge in [-0.05, 0) is 55.9 Å². The Labute approximate surface area is 243 Å². The molecule has 1 saturated heterocycles.